The average Bonchev–Trinajstić information content (AvgIpc) is 2.89. The van der Waals surface area contributed by atoms with Crippen LogP contribution in [0.4, 0.5) is 0 Å². The predicted molar refractivity (Wildman–Crippen MR) is 60.2 cm³/mol. The number of nitrogens with zero attached hydrogens (tertiary/aromatic N) is 2. The molecular formula is C11H17N3O3. The number of hydrogen-bond donors (Lipinski definition) is 2. The highest BCUT2D eigenvalue weighted by molar-refractivity contribution is 5.75. The van der Waals surface area contributed by atoms with Gasteiger partial charge in [0, 0.05) is 32.0 Å². The Kier molecular flexibility index (Phi) is 3.44. The average molecular weight is 239 g/mol. The fourth-order valence-electron chi connectivity index (χ4n) is 1.85. The predicted octanol–water partition coefficient (Wildman–Crippen LogP) is -0.461. The molecule has 6 nitrogen and oxygen atoms in total. The van der Waals surface area contributed by atoms with Gasteiger partial charge in [-0.2, -0.15) is 5.10 Å². The van der Waals surface area contributed by atoms with Crippen molar-refractivity contribution in [2.45, 2.75) is 31.6 Å². The van der Waals surface area contributed by atoms with Gasteiger partial charge in [-0.15, -0.1) is 0 Å². The third-order valence-electron chi connectivity index (χ3n) is 3.12. The van der Waals surface area contributed by atoms with Gasteiger partial charge < -0.3 is 15.2 Å². The molecule has 0 spiro atoms. The minimum absolute atomic E-state index is 0.165. The Balaban J connectivity index is 1.80. The summed E-state index contributed by atoms with van der Waals surface area (Å²) in [5, 5.41) is 16.8. The smallest absolute Gasteiger partial charge is 0.241 e. The first-order valence-corrected chi connectivity index (χ1v) is 5.68. The summed E-state index contributed by atoms with van der Waals surface area (Å²) in [5.41, 5.74) is -0.945. The zero-order valence-corrected chi connectivity index (χ0v) is 9.80. The summed E-state index contributed by atoms with van der Waals surface area (Å²) in [7, 11) is 0. The number of carbonyl (C=O) groups is 1. The number of aliphatic hydroxyl groups is 1. The van der Waals surface area contributed by atoms with Crippen LogP contribution in [0.5, 0.6) is 0 Å². The molecule has 6 heteroatoms. The maximum atomic E-state index is 11.6. The molecule has 1 saturated heterocycles. The summed E-state index contributed by atoms with van der Waals surface area (Å²) in [6, 6.07) is 1.76. The summed E-state index contributed by atoms with van der Waals surface area (Å²) in [5.74, 6) is -0.166. The van der Waals surface area contributed by atoms with E-state index in [-0.39, 0.29) is 25.1 Å². The first-order valence-electron chi connectivity index (χ1n) is 5.68. The van der Waals surface area contributed by atoms with Crippen LogP contribution < -0.4 is 5.32 Å². The van der Waals surface area contributed by atoms with Crippen molar-refractivity contribution in [2.24, 2.45) is 0 Å². The standard InChI is InChI=1S/C11H17N3O3/c1-9-11(16,3-6-17-9)8-12-10(15)7-14-5-2-4-13-14/h2,4-5,9,16H,3,6-8H2,1H3,(H,12,15). The Bertz CT molecular complexity index is 379. The van der Waals surface area contributed by atoms with Gasteiger partial charge in [-0.3, -0.25) is 9.48 Å². The first-order chi connectivity index (χ1) is 8.10. The molecule has 0 aliphatic carbocycles. The van der Waals surface area contributed by atoms with E-state index in [0.29, 0.717) is 13.0 Å². The van der Waals surface area contributed by atoms with Crippen LogP contribution in [-0.4, -0.2) is 45.7 Å². The molecule has 0 bridgehead atoms. The van der Waals surface area contributed by atoms with Crippen molar-refractivity contribution in [3.05, 3.63) is 18.5 Å². The third kappa shape index (κ3) is 2.83. The van der Waals surface area contributed by atoms with Crippen LogP contribution in [0.2, 0.25) is 0 Å². The second-order valence-electron chi connectivity index (χ2n) is 4.35. The Hall–Kier alpha value is -1.40. The molecule has 1 aliphatic heterocycles. The lowest BCUT2D eigenvalue weighted by Gasteiger charge is -2.26. The van der Waals surface area contributed by atoms with Gasteiger partial charge >= 0.3 is 0 Å². The van der Waals surface area contributed by atoms with Crippen molar-refractivity contribution in [3.8, 4) is 0 Å². The molecule has 2 rings (SSSR count). The summed E-state index contributed by atoms with van der Waals surface area (Å²) in [4.78, 5) is 11.6. The van der Waals surface area contributed by atoms with Crippen molar-refractivity contribution in [1.82, 2.24) is 15.1 Å². The number of carbonyl (C=O) groups excluding carboxylic acids is 1. The fourth-order valence-corrected chi connectivity index (χ4v) is 1.85. The highest BCUT2D eigenvalue weighted by Gasteiger charge is 2.39. The van der Waals surface area contributed by atoms with E-state index in [2.05, 4.69) is 10.4 Å². The molecule has 2 atom stereocenters. The molecule has 1 aromatic rings. The zero-order valence-electron chi connectivity index (χ0n) is 9.80. The molecular weight excluding hydrogens is 222 g/mol. The monoisotopic (exact) mass is 239 g/mol. The maximum Gasteiger partial charge on any atom is 0.241 e. The van der Waals surface area contributed by atoms with Crippen molar-refractivity contribution < 1.29 is 14.6 Å². The molecule has 0 radical (unpaired) electrons. The third-order valence-corrected chi connectivity index (χ3v) is 3.12. The fraction of sp³-hybridized carbons (Fsp3) is 0.636. The second-order valence-corrected chi connectivity index (χ2v) is 4.35. The van der Waals surface area contributed by atoms with Crippen molar-refractivity contribution in [1.29, 1.82) is 0 Å². The van der Waals surface area contributed by atoms with E-state index in [1.807, 2.05) is 6.92 Å². The zero-order chi connectivity index (χ0) is 12.3. The van der Waals surface area contributed by atoms with E-state index in [1.165, 1.54) is 4.68 Å². The molecule has 17 heavy (non-hydrogen) atoms. The quantitative estimate of drug-likeness (QED) is 0.745. The number of nitrogens with one attached hydrogen (secondary N) is 1. The highest BCUT2D eigenvalue weighted by Crippen LogP contribution is 2.24. The minimum Gasteiger partial charge on any atom is -0.385 e. The van der Waals surface area contributed by atoms with Gasteiger partial charge in [-0.25, -0.2) is 0 Å². The number of amides is 1. The van der Waals surface area contributed by atoms with Crippen molar-refractivity contribution >= 4 is 5.91 Å². The lowest BCUT2D eigenvalue weighted by atomic mass is 9.97. The molecule has 2 unspecified atom stereocenters. The van der Waals surface area contributed by atoms with Crippen LogP contribution in [0.3, 0.4) is 0 Å². The molecule has 0 saturated carbocycles. The van der Waals surface area contributed by atoms with Crippen LogP contribution in [0.15, 0.2) is 18.5 Å². The van der Waals surface area contributed by atoms with Gasteiger partial charge in [0.15, 0.2) is 0 Å². The van der Waals surface area contributed by atoms with Gasteiger partial charge in [-0.05, 0) is 13.0 Å². The highest BCUT2D eigenvalue weighted by atomic mass is 16.5. The summed E-state index contributed by atoms with van der Waals surface area (Å²) in [6.07, 6.45) is 3.65. The number of hydrogen-bond acceptors (Lipinski definition) is 4. The van der Waals surface area contributed by atoms with Crippen LogP contribution in [0.1, 0.15) is 13.3 Å². The summed E-state index contributed by atoms with van der Waals surface area (Å²) < 4.78 is 6.82. The van der Waals surface area contributed by atoms with Gasteiger partial charge in [0.05, 0.1) is 6.10 Å². The lowest BCUT2D eigenvalue weighted by molar-refractivity contribution is -0.123. The van der Waals surface area contributed by atoms with Gasteiger partial charge in [0.2, 0.25) is 5.91 Å². The van der Waals surface area contributed by atoms with Crippen molar-refractivity contribution in [3.63, 3.8) is 0 Å². The summed E-state index contributed by atoms with van der Waals surface area (Å²) >= 11 is 0. The molecule has 1 fully saturated rings. The SMILES string of the molecule is CC1OCCC1(O)CNC(=O)Cn1cccn1. The first kappa shape index (κ1) is 12.1. The number of rotatable bonds is 4. The Morgan fingerprint density at radius 1 is 1.76 bits per heavy atom. The molecule has 1 aromatic heterocycles. The topological polar surface area (TPSA) is 76.4 Å². The molecule has 2 N–H and O–H groups in total. The van der Waals surface area contributed by atoms with Crippen LogP contribution in [-0.2, 0) is 16.1 Å². The van der Waals surface area contributed by atoms with E-state index >= 15 is 0 Å². The largest absolute Gasteiger partial charge is 0.385 e. The van der Waals surface area contributed by atoms with Gasteiger partial charge in [0.1, 0.15) is 12.1 Å². The molecule has 0 aromatic carbocycles. The molecule has 1 aliphatic rings. The summed E-state index contributed by atoms with van der Waals surface area (Å²) in [6.45, 7) is 2.73. The van der Waals surface area contributed by atoms with E-state index < -0.39 is 5.60 Å². The second kappa shape index (κ2) is 4.85. The van der Waals surface area contributed by atoms with Crippen LogP contribution in [0.25, 0.3) is 0 Å². The van der Waals surface area contributed by atoms with E-state index in [1.54, 1.807) is 18.5 Å². The van der Waals surface area contributed by atoms with E-state index in [0.717, 1.165) is 0 Å². The maximum absolute atomic E-state index is 11.6. The van der Waals surface area contributed by atoms with Gasteiger partial charge in [0.25, 0.3) is 0 Å². The van der Waals surface area contributed by atoms with Crippen molar-refractivity contribution in [2.75, 3.05) is 13.2 Å². The number of aromatic nitrogens is 2. The molecule has 94 valence electrons. The Morgan fingerprint density at radius 2 is 2.59 bits per heavy atom. The molecule has 1 amide bonds. The lowest BCUT2D eigenvalue weighted by Crippen LogP contribution is -2.48. The van der Waals surface area contributed by atoms with Gasteiger partial charge in [-0.1, -0.05) is 0 Å². The van der Waals surface area contributed by atoms with Crippen LogP contribution in [0, 0.1) is 0 Å². The normalized spacial score (nSPS) is 28.2. The number of ether oxygens (including phenoxy) is 1. The minimum atomic E-state index is -0.945. The van der Waals surface area contributed by atoms with E-state index in [9.17, 15) is 9.90 Å². The molecule has 2 heterocycles. The van der Waals surface area contributed by atoms with Crippen LogP contribution >= 0.6 is 0 Å². The Labute approximate surface area is 99.6 Å². The Morgan fingerprint density at radius 3 is 3.18 bits per heavy atom. The van der Waals surface area contributed by atoms with E-state index in [4.69, 9.17) is 4.74 Å².